The maximum Gasteiger partial charge on any atom is 0.311 e. The number of carbonyl (C=O) groups excluding carboxylic acids is 3. The van der Waals surface area contributed by atoms with Gasteiger partial charge in [0.15, 0.2) is 0 Å². The molecule has 214 valence electrons. The molecule has 2 saturated heterocycles. The summed E-state index contributed by atoms with van der Waals surface area (Å²) in [6, 6.07) is 15.1. The molecule has 1 N–H and O–H groups in total. The highest BCUT2D eigenvalue weighted by atomic mass is 35.5. The number of allylic oxidation sites excluding steroid dienone is 1. The Hall–Kier alpha value is -3.07. The number of anilines is 1. The van der Waals surface area contributed by atoms with Crippen molar-refractivity contribution in [1.82, 2.24) is 4.90 Å². The molecule has 1 unspecified atom stereocenters. The van der Waals surface area contributed by atoms with Crippen molar-refractivity contribution in [3.05, 3.63) is 89.5 Å². The Kier molecular flexibility index (Phi) is 7.51. The van der Waals surface area contributed by atoms with Crippen molar-refractivity contribution < 1.29 is 24.2 Å². The Labute approximate surface area is 249 Å². The van der Waals surface area contributed by atoms with Crippen LogP contribution in [0.4, 0.5) is 5.69 Å². The van der Waals surface area contributed by atoms with Crippen LogP contribution in [-0.4, -0.2) is 69.1 Å². The lowest BCUT2D eigenvalue weighted by atomic mass is 9.74. The van der Waals surface area contributed by atoms with E-state index in [0.29, 0.717) is 30.1 Å². The van der Waals surface area contributed by atoms with Crippen LogP contribution in [0.2, 0.25) is 5.02 Å². The van der Waals surface area contributed by atoms with E-state index in [1.807, 2.05) is 55.5 Å². The van der Waals surface area contributed by atoms with E-state index in [0.717, 1.165) is 12.0 Å². The maximum absolute atomic E-state index is 14.7. The summed E-state index contributed by atoms with van der Waals surface area (Å²) in [5.41, 5.74) is 1.61. The molecule has 0 aliphatic carbocycles. The number of aliphatic hydroxyl groups excluding tert-OH is 1. The fraction of sp³-hybridized carbons (Fsp3) is 0.406. The second kappa shape index (κ2) is 11.0. The highest BCUT2D eigenvalue weighted by Crippen LogP contribution is 2.65. The number of nitrogens with zero attached hydrogens (tertiary/aromatic N) is 2. The molecule has 2 fully saturated rings. The predicted octanol–water partition coefficient (Wildman–Crippen LogP) is 4.43. The first-order chi connectivity index (χ1) is 19.8. The molecule has 6 rings (SSSR count). The highest BCUT2D eigenvalue weighted by Gasteiger charge is 2.74. The predicted molar refractivity (Wildman–Crippen MR) is 160 cm³/mol. The van der Waals surface area contributed by atoms with Gasteiger partial charge in [-0.05, 0) is 56.0 Å². The Balaban J connectivity index is 1.50. The molecular formula is C32H33ClN2O5S. The van der Waals surface area contributed by atoms with Crippen LogP contribution in [0, 0.1) is 11.8 Å². The number of fused-ring (bicyclic) bond motifs is 2. The van der Waals surface area contributed by atoms with Crippen LogP contribution < -0.4 is 4.90 Å². The van der Waals surface area contributed by atoms with Gasteiger partial charge in [0.05, 0.1) is 35.8 Å². The number of amides is 2. The molecule has 2 aromatic carbocycles. The zero-order chi connectivity index (χ0) is 28.8. The Morgan fingerprint density at radius 3 is 2.51 bits per heavy atom. The minimum Gasteiger partial charge on any atom is -0.465 e. The van der Waals surface area contributed by atoms with Gasteiger partial charge in [0.25, 0.3) is 5.91 Å². The summed E-state index contributed by atoms with van der Waals surface area (Å²) in [4.78, 5) is 46.3. The number of esters is 1. The van der Waals surface area contributed by atoms with E-state index in [4.69, 9.17) is 16.3 Å². The quantitative estimate of drug-likeness (QED) is 0.408. The topological polar surface area (TPSA) is 87.1 Å². The van der Waals surface area contributed by atoms with Gasteiger partial charge in [0, 0.05) is 22.0 Å². The number of hydrogen-bond acceptors (Lipinski definition) is 6. The number of carbonyl (C=O) groups is 3. The number of cyclic esters (lactones) is 1. The molecule has 7 nitrogen and oxygen atoms in total. The van der Waals surface area contributed by atoms with Crippen molar-refractivity contribution in [2.75, 3.05) is 24.7 Å². The minimum absolute atomic E-state index is 0.250. The molecule has 4 aliphatic heterocycles. The number of likely N-dealkylation sites (tertiary alicyclic amines) is 1. The number of thioether (sulfide) groups is 1. The fourth-order valence-electron chi connectivity index (χ4n) is 6.96. The molecule has 0 saturated carbocycles. The molecule has 41 heavy (non-hydrogen) atoms. The molecule has 2 aromatic rings. The SMILES string of the molecule is C[C@@]12/C=C\CCCOC(=O)[C@@H]1[C@H]1C(=O)N([C@@H](CO)Cc3ccccc3)C3C(=O)N(c4ccc(Cl)cc4)CC=C[C@@]31S2. The van der Waals surface area contributed by atoms with Crippen molar-refractivity contribution in [2.45, 2.75) is 47.8 Å². The van der Waals surface area contributed by atoms with Gasteiger partial charge in [-0.1, -0.05) is 66.2 Å². The first kappa shape index (κ1) is 28.1. The van der Waals surface area contributed by atoms with Crippen molar-refractivity contribution in [3.63, 3.8) is 0 Å². The molecule has 0 bridgehead atoms. The number of benzene rings is 2. The van der Waals surface area contributed by atoms with Gasteiger partial charge in [0.1, 0.15) is 6.04 Å². The molecule has 0 aromatic heterocycles. The lowest BCUT2D eigenvalue weighted by molar-refractivity contribution is -0.154. The summed E-state index contributed by atoms with van der Waals surface area (Å²) in [6.07, 6.45) is 9.85. The molecule has 6 atom stereocenters. The zero-order valence-electron chi connectivity index (χ0n) is 22.8. The highest BCUT2D eigenvalue weighted by molar-refractivity contribution is 8.02. The summed E-state index contributed by atoms with van der Waals surface area (Å²) >= 11 is 7.65. The van der Waals surface area contributed by atoms with E-state index in [2.05, 4.69) is 6.08 Å². The van der Waals surface area contributed by atoms with Crippen LogP contribution >= 0.6 is 23.4 Å². The lowest BCUT2D eigenvalue weighted by Crippen LogP contribution is -2.57. The fourth-order valence-corrected chi connectivity index (χ4v) is 9.22. The monoisotopic (exact) mass is 592 g/mol. The van der Waals surface area contributed by atoms with Gasteiger partial charge in [-0.2, -0.15) is 0 Å². The summed E-state index contributed by atoms with van der Waals surface area (Å²) in [7, 11) is 0. The van der Waals surface area contributed by atoms with Gasteiger partial charge in [0.2, 0.25) is 5.91 Å². The Morgan fingerprint density at radius 2 is 1.78 bits per heavy atom. The average Bonchev–Trinajstić information content (AvgIpc) is 3.32. The molecule has 9 heteroatoms. The second-order valence-corrected chi connectivity index (χ2v) is 13.5. The van der Waals surface area contributed by atoms with Crippen LogP contribution in [0.1, 0.15) is 25.3 Å². The Bertz CT molecular complexity index is 1400. The summed E-state index contributed by atoms with van der Waals surface area (Å²) < 4.78 is 3.93. The van der Waals surface area contributed by atoms with Crippen LogP contribution in [-0.2, 0) is 25.5 Å². The molecule has 2 amide bonds. The molecule has 1 spiro atoms. The van der Waals surface area contributed by atoms with Crippen molar-refractivity contribution in [3.8, 4) is 0 Å². The molecular weight excluding hydrogens is 560 g/mol. The first-order valence-corrected chi connectivity index (χ1v) is 15.2. The average molecular weight is 593 g/mol. The lowest BCUT2D eigenvalue weighted by Gasteiger charge is -2.39. The number of ether oxygens (including phenoxy) is 1. The summed E-state index contributed by atoms with van der Waals surface area (Å²) in [5.74, 6) is -2.57. The van der Waals surface area contributed by atoms with Crippen LogP contribution in [0.25, 0.3) is 0 Å². The first-order valence-electron chi connectivity index (χ1n) is 14.1. The van der Waals surface area contributed by atoms with E-state index in [-0.39, 0.29) is 25.0 Å². The van der Waals surface area contributed by atoms with Crippen LogP contribution in [0.3, 0.4) is 0 Å². The number of halogens is 1. The van der Waals surface area contributed by atoms with E-state index < -0.39 is 39.4 Å². The van der Waals surface area contributed by atoms with E-state index in [9.17, 15) is 19.5 Å². The van der Waals surface area contributed by atoms with Crippen molar-refractivity contribution in [2.24, 2.45) is 11.8 Å². The van der Waals surface area contributed by atoms with Gasteiger partial charge in [-0.15, -0.1) is 11.8 Å². The van der Waals surface area contributed by atoms with Gasteiger partial charge in [-0.3, -0.25) is 14.4 Å². The Morgan fingerprint density at radius 1 is 1.02 bits per heavy atom. The zero-order valence-corrected chi connectivity index (χ0v) is 24.4. The normalized spacial score (nSPS) is 32.7. The standard InChI is InChI=1S/C32H33ClN2O5S/c1-31-15-6-3-7-18-40-30(39)26(31)25-28(37)35(24(20-36)19-21-9-4-2-5-10-21)27-29(38)34(17-8-16-32(25,27)41-31)23-13-11-22(33)12-14-23/h2,4-6,8-16,24-27,36H,3,7,17-20H2,1H3/b15-6-/t24-,25+,26+,27?,31-,32+/m1/s1. The molecule has 4 heterocycles. The van der Waals surface area contributed by atoms with Gasteiger partial charge in [-0.25, -0.2) is 0 Å². The smallest absolute Gasteiger partial charge is 0.311 e. The third kappa shape index (κ3) is 4.70. The minimum atomic E-state index is -1.03. The summed E-state index contributed by atoms with van der Waals surface area (Å²) in [6.45, 7) is 2.24. The number of rotatable bonds is 5. The van der Waals surface area contributed by atoms with E-state index >= 15 is 0 Å². The third-order valence-electron chi connectivity index (χ3n) is 8.74. The van der Waals surface area contributed by atoms with Gasteiger partial charge < -0.3 is 19.6 Å². The van der Waals surface area contributed by atoms with E-state index in [1.165, 1.54) is 11.8 Å². The van der Waals surface area contributed by atoms with Gasteiger partial charge >= 0.3 is 5.97 Å². The van der Waals surface area contributed by atoms with Crippen molar-refractivity contribution in [1.29, 1.82) is 0 Å². The maximum atomic E-state index is 14.7. The number of hydrogen-bond donors (Lipinski definition) is 1. The van der Waals surface area contributed by atoms with Crippen molar-refractivity contribution >= 4 is 46.8 Å². The largest absolute Gasteiger partial charge is 0.465 e. The van der Waals surface area contributed by atoms with E-state index in [1.54, 1.807) is 34.1 Å². The summed E-state index contributed by atoms with van der Waals surface area (Å²) in [5, 5.41) is 11.2. The second-order valence-electron chi connectivity index (χ2n) is 11.3. The van der Waals surface area contributed by atoms with Crippen LogP contribution in [0.15, 0.2) is 78.9 Å². The third-order valence-corrected chi connectivity index (χ3v) is 10.8. The van der Waals surface area contributed by atoms with Crippen LogP contribution in [0.5, 0.6) is 0 Å². The molecule has 4 aliphatic rings. The number of aliphatic hydroxyl groups is 1. The molecule has 0 radical (unpaired) electrons.